The summed E-state index contributed by atoms with van der Waals surface area (Å²) in [6.45, 7) is 0. The van der Waals surface area contributed by atoms with Crippen molar-refractivity contribution < 1.29 is 32.9 Å². The quantitative estimate of drug-likeness (QED) is 0.324. The van der Waals surface area contributed by atoms with E-state index in [-0.39, 0.29) is 34.4 Å². The van der Waals surface area contributed by atoms with Crippen LogP contribution in [-0.4, -0.2) is 23.3 Å². The molecule has 0 amide bonds. The lowest BCUT2D eigenvalue weighted by Gasteiger charge is -2.41. The summed E-state index contributed by atoms with van der Waals surface area (Å²) < 4.78 is 108. The molecule has 0 aliphatic carbocycles. The average Bonchev–Trinajstić information content (AvgIpc) is 2.67. The van der Waals surface area contributed by atoms with Gasteiger partial charge in [0.2, 0.25) is 5.95 Å². The van der Waals surface area contributed by atoms with E-state index in [0.717, 1.165) is 24.4 Å². The van der Waals surface area contributed by atoms with Gasteiger partial charge in [-0.2, -0.15) is 0 Å². The summed E-state index contributed by atoms with van der Waals surface area (Å²) in [6.07, 6.45) is 2.14. The maximum absolute atomic E-state index is 14.4. The molecular formula is C19H17F7N4OS2. The first kappa shape index (κ1) is 24.8. The molecule has 33 heavy (non-hydrogen) atoms. The van der Waals surface area contributed by atoms with Gasteiger partial charge in [-0.1, -0.05) is 19.4 Å². The molecule has 180 valence electrons. The number of aromatic nitrogens is 2. The molecule has 2 N–H and O–H groups in total. The third kappa shape index (κ3) is 6.13. The number of methoxy groups -OCH3 is 1. The van der Waals surface area contributed by atoms with Crippen LogP contribution in [0.3, 0.4) is 0 Å². The van der Waals surface area contributed by atoms with Crippen LogP contribution in [0.25, 0.3) is 11.3 Å². The fourth-order valence-corrected chi connectivity index (χ4v) is 4.29. The Morgan fingerprint density at radius 1 is 1.06 bits per heavy atom. The molecule has 14 heteroatoms. The van der Waals surface area contributed by atoms with Crippen LogP contribution in [0.1, 0.15) is 5.56 Å². The molecule has 0 saturated heterocycles. The fourth-order valence-electron chi connectivity index (χ4n) is 2.89. The van der Waals surface area contributed by atoms with Gasteiger partial charge in [-0.25, -0.2) is 18.7 Å². The van der Waals surface area contributed by atoms with Crippen LogP contribution in [-0.2, 0) is 16.4 Å². The van der Waals surface area contributed by atoms with Crippen molar-refractivity contribution in [1.29, 1.82) is 4.78 Å². The molecular weight excluding hydrogens is 497 g/mol. The molecule has 1 unspecified atom stereocenters. The van der Waals surface area contributed by atoms with Gasteiger partial charge < -0.3 is 10.1 Å². The Kier molecular flexibility index (Phi) is 5.90. The molecule has 3 aromatic rings. The lowest BCUT2D eigenvalue weighted by atomic mass is 10.1. The zero-order valence-corrected chi connectivity index (χ0v) is 18.6. The Labute approximate surface area is 186 Å². The second-order valence-electron chi connectivity index (χ2n) is 6.98. The second-order valence-corrected chi connectivity index (χ2v) is 10.9. The molecule has 1 heterocycles. The number of anilines is 2. The number of halogens is 7. The summed E-state index contributed by atoms with van der Waals surface area (Å²) in [6, 6.07) is 4.86. The highest BCUT2D eigenvalue weighted by Gasteiger charge is 2.65. The molecule has 3 rings (SSSR count). The minimum Gasteiger partial charge on any atom is -0.496 e. The number of hydrogen-bond acceptors (Lipinski definition) is 5. The van der Waals surface area contributed by atoms with E-state index in [4.69, 9.17) is 9.52 Å². The zero-order chi connectivity index (χ0) is 24.7. The summed E-state index contributed by atoms with van der Waals surface area (Å²) in [5.74, 6) is -2.25. The smallest absolute Gasteiger partial charge is 0.310 e. The van der Waals surface area contributed by atoms with Crippen molar-refractivity contribution in [3.05, 3.63) is 59.8 Å². The van der Waals surface area contributed by atoms with Crippen molar-refractivity contribution in [3.8, 4) is 17.0 Å². The monoisotopic (exact) mass is 514 g/mol. The zero-order valence-electron chi connectivity index (χ0n) is 17.0. The molecule has 5 nitrogen and oxygen atoms in total. The van der Waals surface area contributed by atoms with Crippen LogP contribution in [0.4, 0.5) is 39.8 Å². The van der Waals surface area contributed by atoms with Gasteiger partial charge in [0.25, 0.3) is 0 Å². The van der Waals surface area contributed by atoms with E-state index in [1.165, 1.54) is 19.4 Å². The topological polar surface area (TPSA) is 70.9 Å². The predicted molar refractivity (Wildman–Crippen MR) is 115 cm³/mol. The van der Waals surface area contributed by atoms with Gasteiger partial charge in [0, 0.05) is 23.1 Å². The Hall–Kier alpha value is -2.87. The second kappa shape index (κ2) is 7.87. The van der Waals surface area contributed by atoms with Crippen molar-refractivity contribution in [3.63, 3.8) is 0 Å². The molecule has 0 radical (unpaired) electrons. The van der Waals surface area contributed by atoms with Crippen LogP contribution in [0.15, 0.2) is 47.5 Å². The number of nitrogens with zero attached hydrogens (tertiary/aromatic N) is 2. The van der Waals surface area contributed by atoms with Crippen molar-refractivity contribution in [2.45, 2.75) is 10.6 Å². The summed E-state index contributed by atoms with van der Waals surface area (Å²) in [7, 11) is -9.93. The molecule has 0 spiro atoms. The third-order valence-corrected chi connectivity index (χ3v) is 6.11. The van der Waals surface area contributed by atoms with E-state index in [2.05, 4.69) is 15.3 Å². The Morgan fingerprint density at radius 2 is 1.76 bits per heavy atom. The first-order valence-electron chi connectivity index (χ1n) is 8.91. The number of benzene rings is 2. The van der Waals surface area contributed by atoms with Gasteiger partial charge in [0.15, 0.2) is 5.82 Å². The van der Waals surface area contributed by atoms with Gasteiger partial charge in [-0.15, -0.1) is 10.7 Å². The summed E-state index contributed by atoms with van der Waals surface area (Å²) in [5, 5.41) is 2.37. The molecule has 0 aliphatic heterocycles. The maximum Gasteiger partial charge on any atom is 0.310 e. The summed E-state index contributed by atoms with van der Waals surface area (Å²) >= 11 is 0. The van der Waals surface area contributed by atoms with E-state index in [0.29, 0.717) is 6.07 Å². The fraction of sp³-hybridized carbons (Fsp3) is 0.158. The molecule has 0 aliphatic rings. The standard InChI is InChI=1S/C19H17F7N4OS2/c1-31-17-7-12(20)3-4-15(17)18-16(21)9-28-19(30-18)29-13-5-11(10-32(2)27)6-14(8-13)33(22,23,24,25)26/h3-9,27H,10H2,1-2H3,(H,28,29,30). The van der Waals surface area contributed by atoms with Crippen molar-refractivity contribution in [2.24, 2.45) is 0 Å². The van der Waals surface area contributed by atoms with E-state index in [1.807, 2.05) is 0 Å². The Morgan fingerprint density at radius 3 is 2.36 bits per heavy atom. The largest absolute Gasteiger partial charge is 0.496 e. The first-order valence-corrected chi connectivity index (χ1v) is 12.7. The van der Waals surface area contributed by atoms with Gasteiger partial charge in [-0.05, 0) is 42.2 Å². The minimum atomic E-state index is -10.0. The SMILES string of the molecule is COc1cc(F)ccc1-c1nc(Nc2cc(CS(C)=N)cc(S(F)(F)(F)(F)F)c2)ncc1F. The highest BCUT2D eigenvalue weighted by Crippen LogP contribution is 3.02. The third-order valence-electron chi connectivity index (χ3n) is 4.21. The molecule has 0 bridgehead atoms. The normalized spacial score (nSPS) is 14.8. The Bertz CT molecular complexity index is 1250. The predicted octanol–water partition coefficient (Wildman–Crippen LogP) is 7.34. The Balaban J connectivity index is 2.09. The summed E-state index contributed by atoms with van der Waals surface area (Å²) in [5.41, 5.74) is -0.890. The lowest BCUT2D eigenvalue weighted by Crippen LogP contribution is -2.09. The minimum absolute atomic E-state index is 0.0348. The number of nitrogens with one attached hydrogen (secondary N) is 2. The average molecular weight is 514 g/mol. The highest BCUT2D eigenvalue weighted by atomic mass is 32.5. The summed E-state index contributed by atoms with van der Waals surface area (Å²) in [4.78, 5) is 5.41. The van der Waals surface area contributed by atoms with Gasteiger partial charge in [0.1, 0.15) is 22.2 Å². The number of hydrogen-bond donors (Lipinski definition) is 2. The molecule has 1 atom stereocenters. The van der Waals surface area contributed by atoms with Crippen molar-refractivity contribution in [1.82, 2.24) is 9.97 Å². The first-order chi connectivity index (χ1) is 15.1. The van der Waals surface area contributed by atoms with Crippen LogP contribution < -0.4 is 10.1 Å². The van der Waals surface area contributed by atoms with Gasteiger partial charge in [0.05, 0.1) is 13.3 Å². The van der Waals surface area contributed by atoms with Crippen LogP contribution in [0, 0.1) is 16.4 Å². The maximum atomic E-state index is 14.4. The van der Waals surface area contributed by atoms with Gasteiger partial charge in [-0.3, -0.25) is 4.78 Å². The van der Waals surface area contributed by atoms with Crippen molar-refractivity contribution in [2.75, 3.05) is 18.7 Å². The lowest BCUT2D eigenvalue weighted by molar-refractivity contribution is 0.364. The van der Waals surface area contributed by atoms with Crippen LogP contribution >= 0.6 is 10.2 Å². The van der Waals surface area contributed by atoms with Crippen LogP contribution in [0.5, 0.6) is 5.75 Å². The van der Waals surface area contributed by atoms with E-state index in [1.54, 1.807) is 0 Å². The molecule has 0 saturated carbocycles. The van der Waals surface area contributed by atoms with Crippen LogP contribution in [0.2, 0.25) is 0 Å². The molecule has 1 aromatic heterocycles. The number of ether oxygens (including phenoxy) is 1. The molecule has 0 fully saturated rings. The molecule has 2 aromatic carbocycles. The van der Waals surface area contributed by atoms with Crippen molar-refractivity contribution >= 4 is 32.6 Å². The number of rotatable bonds is 7. The van der Waals surface area contributed by atoms with Gasteiger partial charge >= 0.3 is 10.2 Å². The highest BCUT2D eigenvalue weighted by molar-refractivity contribution is 8.45. The van der Waals surface area contributed by atoms with E-state index in [9.17, 15) is 28.2 Å². The van der Waals surface area contributed by atoms with E-state index < -0.39 is 49.1 Å². The van der Waals surface area contributed by atoms with E-state index >= 15 is 0 Å².